The fourth-order valence-electron chi connectivity index (χ4n) is 1.79. The number of nitrogens with zero attached hydrogens (tertiary/aromatic N) is 3. The predicted molar refractivity (Wildman–Crippen MR) is 62.4 cm³/mol. The Hall–Kier alpha value is -0.740. The average Bonchev–Trinajstić information content (AvgIpc) is 2.84. The maximum Gasteiger partial charge on any atom is 0.164 e. The molecule has 0 radical (unpaired) electrons. The van der Waals surface area contributed by atoms with Crippen LogP contribution in [-0.4, -0.2) is 20.4 Å². The second-order valence-electron chi connectivity index (χ2n) is 3.62. The van der Waals surface area contributed by atoms with E-state index in [-0.39, 0.29) is 0 Å². The second kappa shape index (κ2) is 3.68. The first-order valence-corrected chi connectivity index (χ1v) is 6.39. The minimum Gasteiger partial charge on any atom is -0.221 e. The normalized spacial score (nSPS) is 21.3. The van der Waals surface area contributed by atoms with Gasteiger partial charge >= 0.3 is 0 Å². The first-order valence-electron chi connectivity index (χ1n) is 4.96. The summed E-state index contributed by atoms with van der Waals surface area (Å²) in [6.07, 6.45) is 4.31. The zero-order chi connectivity index (χ0) is 10.3. The number of aromatic nitrogens is 3. The van der Waals surface area contributed by atoms with Gasteiger partial charge in [0.05, 0.1) is 5.25 Å². The Morgan fingerprint density at radius 2 is 2.47 bits per heavy atom. The van der Waals surface area contributed by atoms with E-state index in [1.54, 1.807) is 4.52 Å². The molecule has 0 spiro atoms. The maximum absolute atomic E-state index is 5.90. The monoisotopic (exact) mass is 239 g/mol. The van der Waals surface area contributed by atoms with Crippen LogP contribution < -0.4 is 0 Å². The summed E-state index contributed by atoms with van der Waals surface area (Å²) < 4.78 is 1.79. The molecule has 78 valence electrons. The molecule has 2 aromatic rings. The van der Waals surface area contributed by atoms with Gasteiger partial charge in [0.15, 0.2) is 11.5 Å². The fourth-order valence-corrected chi connectivity index (χ4v) is 3.15. The van der Waals surface area contributed by atoms with Gasteiger partial charge in [-0.05, 0) is 24.7 Å². The van der Waals surface area contributed by atoms with Crippen LogP contribution in [-0.2, 0) is 0 Å². The SMILES string of the molecule is Clc1ccn2nc(C3CCCS3)nc2c1. The smallest absolute Gasteiger partial charge is 0.164 e. The predicted octanol–water partition coefficient (Wildman–Crippen LogP) is 2.95. The van der Waals surface area contributed by atoms with Gasteiger partial charge in [0.1, 0.15) is 0 Å². The number of halogens is 1. The first-order chi connectivity index (χ1) is 7.33. The molecule has 1 saturated heterocycles. The van der Waals surface area contributed by atoms with Crippen LogP contribution in [0.1, 0.15) is 23.9 Å². The average molecular weight is 240 g/mol. The number of fused-ring (bicyclic) bond motifs is 1. The quantitative estimate of drug-likeness (QED) is 0.767. The van der Waals surface area contributed by atoms with Crippen LogP contribution in [0.15, 0.2) is 18.3 Å². The molecule has 2 aromatic heterocycles. The van der Waals surface area contributed by atoms with Crippen molar-refractivity contribution < 1.29 is 0 Å². The summed E-state index contributed by atoms with van der Waals surface area (Å²) in [5.74, 6) is 2.17. The van der Waals surface area contributed by atoms with Gasteiger partial charge in [0, 0.05) is 17.3 Å². The molecule has 1 fully saturated rings. The van der Waals surface area contributed by atoms with Crippen LogP contribution in [0.2, 0.25) is 5.02 Å². The van der Waals surface area contributed by atoms with Gasteiger partial charge in [0.25, 0.3) is 0 Å². The standard InChI is InChI=1S/C10H10ClN3S/c11-7-3-4-14-9(6-7)12-10(13-14)8-2-1-5-15-8/h3-4,6,8H,1-2,5H2. The van der Waals surface area contributed by atoms with Gasteiger partial charge in [0.2, 0.25) is 0 Å². The highest BCUT2D eigenvalue weighted by Crippen LogP contribution is 2.38. The summed E-state index contributed by atoms with van der Waals surface area (Å²) in [4.78, 5) is 4.50. The highest BCUT2D eigenvalue weighted by atomic mass is 35.5. The summed E-state index contributed by atoms with van der Waals surface area (Å²) in [5.41, 5.74) is 0.838. The first kappa shape index (κ1) is 9.48. The van der Waals surface area contributed by atoms with Gasteiger partial charge < -0.3 is 0 Å². The molecular formula is C10H10ClN3S. The Morgan fingerprint density at radius 3 is 3.27 bits per heavy atom. The molecule has 1 unspecified atom stereocenters. The molecule has 1 aliphatic rings. The van der Waals surface area contributed by atoms with E-state index < -0.39 is 0 Å². The van der Waals surface area contributed by atoms with Gasteiger partial charge in [-0.15, -0.1) is 0 Å². The Morgan fingerprint density at radius 1 is 1.53 bits per heavy atom. The third-order valence-corrected chi connectivity index (χ3v) is 4.14. The largest absolute Gasteiger partial charge is 0.221 e. The lowest BCUT2D eigenvalue weighted by Crippen LogP contribution is -1.92. The summed E-state index contributed by atoms with van der Waals surface area (Å²) in [5, 5.41) is 5.65. The van der Waals surface area contributed by atoms with Crippen LogP contribution in [0.3, 0.4) is 0 Å². The third-order valence-electron chi connectivity index (χ3n) is 2.53. The Bertz CT molecular complexity index is 490. The second-order valence-corrected chi connectivity index (χ2v) is 5.37. The number of thioether (sulfide) groups is 1. The van der Waals surface area contributed by atoms with Gasteiger partial charge in [-0.3, -0.25) is 0 Å². The fraction of sp³-hybridized carbons (Fsp3) is 0.400. The van der Waals surface area contributed by atoms with Crippen LogP contribution in [0.5, 0.6) is 0 Å². The van der Waals surface area contributed by atoms with E-state index in [4.69, 9.17) is 11.6 Å². The van der Waals surface area contributed by atoms with Crippen molar-refractivity contribution in [1.82, 2.24) is 14.6 Å². The van der Waals surface area contributed by atoms with E-state index in [9.17, 15) is 0 Å². The summed E-state index contributed by atoms with van der Waals surface area (Å²) in [6.45, 7) is 0. The van der Waals surface area contributed by atoms with E-state index >= 15 is 0 Å². The van der Waals surface area contributed by atoms with E-state index in [1.807, 2.05) is 30.1 Å². The lowest BCUT2D eigenvalue weighted by molar-refractivity contribution is 0.770. The van der Waals surface area contributed by atoms with Crippen LogP contribution in [0, 0.1) is 0 Å². The summed E-state index contributed by atoms with van der Waals surface area (Å²) >= 11 is 7.84. The molecule has 0 N–H and O–H groups in total. The summed E-state index contributed by atoms with van der Waals surface area (Å²) in [7, 11) is 0. The molecule has 1 atom stereocenters. The molecule has 0 amide bonds. The number of hydrogen-bond acceptors (Lipinski definition) is 3. The zero-order valence-corrected chi connectivity index (χ0v) is 9.63. The van der Waals surface area contributed by atoms with Crippen molar-refractivity contribution in [3.8, 4) is 0 Å². The third kappa shape index (κ3) is 1.72. The molecule has 3 rings (SSSR count). The maximum atomic E-state index is 5.90. The molecule has 0 bridgehead atoms. The van der Waals surface area contributed by atoms with Crippen molar-refractivity contribution in [2.75, 3.05) is 5.75 Å². The molecule has 5 heteroatoms. The number of rotatable bonds is 1. The summed E-state index contributed by atoms with van der Waals surface area (Å²) in [6, 6.07) is 3.67. The van der Waals surface area contributed by atoms with Gasteiger partial charge in [-0.1, -0.05) is 11.6 Å². The molecule has 3 nitrogen and oxygen atoms in total. The molecular weight excluding hydrogens is 230 g/mol. The minimum absolute atomic E-state index is 0.476. The van der Waals surface area contributed by atoms with Crippen molar-refractivity contribution in [3.63, 3.8) is 0 Å². The van der Waals surface area contributed by atoms with Crippen molar-refractivity contribution in [1.29, 1.82) is 0 Å². The van der Waals surface area contributed by atoms with Crippen LogP contribution in [0.4, 0.5) is 0 Å². The molecule has 15 heavy (non-hydrogen) atoms. The molecule has 1 aliphatic heterocycles. The van der Waals surface area contributed by atoms with E-state index in [2.05, 4.69) is 10.1 Å². The van der Waals surface area contributed by atoms with Crippen LogP contribution >= 0.6 is 23.4 Å². The van der Waals surface area contributed by atoms with Crippen molar-refractivity contribution in [3.05, 3.63) is 29.2 Å². The Kier molecular flexibility index (Phi) is 2.33. The van der Waals surface area contributed by atoms with Crippen LogP contribution in [0.25, 0.3) is 5.65 Å². The topological polar surface area (TPSA) is 30.2 Å². The van der Waals surface area contributed by atoms with Crippen molar-refractivity contribution in [2.24, 2.45) is 0 Å². The highest BCUT2D eigenvalue weighted by Gasteiger charge is 2.21. The van der Waals surface area contributed by atoms with E-state index in [1.165, 1.54) is 18.6 Å². The molecule has 0 aromatic carbocycles. The van der Waals surface area contributed by atoms with Gasteiger partial charge in [-0.2, -0.15) is 16.9 Å². The number of pyridine rings is 1. The lowest BCUT2D eigenvalue weighted by atomic mass is 10.2. The minimum atomic E-state index is 0.476. The Balaban J connectivity index is 2.05. The van der Waals surface area contributed by atoms with E-state index in [0.717, 1.165) is 11.5 Å². The Labute approximate surface area is 96.8 Å². The van der Waals surface area contributed by atoms with Crippen molar-refractivity contribution in [2.45, 2.75) is 18.1 Å². The zero-order valence-electron chi connectivity index (χ0n) is 8.06. The molecule has 3 heterocycles. The molecule has 0 aliphatic carbocycles. The lowest BCUT2D eigenvalue weighted by Gasteiger charge is -1.99. The van der Waals surface area contributed by atoms with Gasteiger partial charge in [-0.25, -0.2) is 9.50 Å². The van der Waals surface area contributed by atoms with E-state index in [0.29, 0.717) is 10.3 Å². The number of hydrogen-bond donors (Lipinski definition) is 0. The highest BCUT2D eigenvalue weighted by molar-refractivity contribution is 7.99. The molecule has 0 saturated carbocycles. The van der Waals surface area contributed by atoms with Crippen molar-refractivity contribution >= 4 is 29.0 Å².